The van der Waals surface area contributed by atoms with Gasteiger partial charge in [-0.15, -0.1) is 0 Å². The normalized spacial score (nSPS) is 13.5. The van der Waals surface area contributed by atoms with Gasteiger partial charge in [0, 0.05) is 12.7 Å². The first-order valence-electron chi connectivity index (χ1n) is 5.76. The molecule has 1 rings (SSSR count). The van der Waals surface area contributed by atoms with Gasteiger partial charge in [0.25, 0.3) is 0 Å². The lowest BCUT2D eigenvalue weighted by molar-refractivity contribution is 0.513. The van der Waals surface area contributed by atoms with Gasteiger partial charge >= 0.3 is 0 Å². The van der Waals surface area contributed by atoms with E-state index in [1.54, 1.807) is 0 Å². The fourth-order valence-electron chi connectivity index (χ4n) is 1.40. The summed E-state index contributed by atoms with van der Waals surface area (Å²) >= 11 is 0. The van der Waals surface area contributed by atoms with Crippen LogP contribution in [0.3, 0.4) is 0 Å². The lowest BCUT2D eigenvalue weighted by atomic mass is 10.1. The first kappa shape index (κ1) is 15.0. The molecule has 0 aliphatic rings. The Balaban J connectivity index is 2.51. The number of rotatable bonds is 7. The summed E-state index contributed by atoms with van der Waals surface area (Å²) in [5, 5.41) is 0. The monoisotopic (exact) mass is 275 g/mol. The van der Waals surface area contributed by atoms with E-state index in [0.717, 1.165) is 24.9 Å². The van der Waals surface area contributed by atoms with Gasteiger partial charge in [0.05, 0.1) is 6.20 Å². The minimum Gasteiger partial charge on any atom is -0.330 e. The van der Waals surface area contributed by atoms with E-state index < -0.39 is 15.8 Å². The highest BCUT2D eigenvalue weighted by Gasteiger charge is 2.14. The largest absolute Gasteiger partial charge is 0.330 e. The second kappa shape index (κ2) is 6.77. The maximum atomic E-state index is 12.9. The van der Waals surface area contributed by atoms with E-state index in [-0.39, 0.29) is 4.90 Å². The maximum Gasteiger partial charge on any atom is 0.242 e. The van der Waals surface area contributed by atoms with Crippen LogP contribution in [-0.2, 0) is 10.0 Å². The summed E-state index contributed by atoms with van der Waals surface area (Å²) < 4.78 is 38.8. The van der Waals surface area contributed by atoms with Crippen molar-refractivity contribution >= 4 is 10.0 Å². The molecule has 0 radical (unpaired) electrons. The quantitative estimate of drug-likeness (QED) is 0.723. The highest BCUT2D eigenvalue weighted by Crippen LogP contribution is 2.09. The van der Waals surface area contributed by atoms with Crippen molar-refractivity contribution in [1.82, 2.24) is 9.71 Å². The molecule has 0 aliphatic carbocycles. The van der Waals surface area contributed by atoms with E-state index in [0.29, 0.717) is 25.4 Å². The molecule has 1 aromatic heterocycles. The zero-order valence-corrected chi connectivity index (χ0v) is 11.1. The average Bonchev–Trinajstić information content (AvgIpc) is 2.34. The first-order chi connectivity index (χ1) is 8.45. The maximum absolute atomic E-state index is 12.9. The highest BCUT2D eigenvalue weighted by atomic mass is 32.2. The smallest absolute Gasteiger partial charge is 0.242 e. The fraction of sp³-hybridized carbons (Fsp3) is 0.545. The van der Waals surface area contributed by atoms with Crippen molar-refractivity contribution in [1.29, 1.82) is 0 Å². The molecule has 3 N–H and O–H groups in total. The molecule has 0 aliphatic heterocycles. The van der Waals surface area contributed by atoms with Crippen molar-refractivity contribution in [3.8, 4) is 0 Å². The van der Waals surface area contributed by atoms with Gasteiger partial charge in [0.15, 0.2) is 0 Å². The number of nitrogens with zero attached hydrogens (tertiary/aromatic N) is 1. The number of nitrogens with two attached hydrogens (primary N) is 1. The molecule has 0 saturated heterocycles. The summed E-state index contributed by atoms with van der Waals surface area (Å²) in [6.07, 6.45) is 3.62. The van der Waals surface area contributed by atoms with Crippen LogP contribution in [0.5, 0.6) is 0 Å². The Morgan fingerprint density at radius 1 is 1.50 bits per heavy atom. The molecule has 102 valence electrons. The van der Waals surface area contributed by atoms with Crippen LogP contribution in [-0.4, -0.2) is 26.5 Å². The van der Waals surface area contributed by atoms with Crippen LogP contribution < -0.4 is 10.5 Å². The zero-order valence-electron chi connectivity index (χ0n) is 10.3. The molecule has 7 heteroatoms. The van der Waals surface area contributed by atoms with Gasteiger partial charge in [-0.05, 0) is 31.4 Å². The molecule has 0 spiro atoms. The molecule has 1 unspecified atom stereocenters. The second-order valence-corrected chi connectivity index (χ2v) is 5.99. The van der Waals surface area contributed by atoms with E-state index in [2.05, 4.69) is 9.71 Å². The Morgan fingerprint density at radius 3 is 2.83 bits per heavy atom. The molecule has 0 amide bonds. The predicted octanol–water partition coefficient (Wildman–Crippen LogP) is 0.874. The Morgan fingerprint density at radius 2 is 2.22 bits per heavy atom. The molecule has 5 nitrogen and oxygen atoms in total. The first-order valence-corrected chi connectivity index (χ1v) is 7.24. The molecule has 0 bridgehead atoms. The van der Waals surface area contributed by atoms with Crippen LogP contribution in [0.1, 0.15) is 19.8 Å². The van der Waals surface area contributed by atoms with Crippen molar-refractivity contribution in [2.24, 2.45) is 11.7 Å². The van der Waals surface area contributed by atoms with E-state index in [1.165, 1.54) is 0 Å². The number of hydrogen-bond donors (Lipinski definition) is 2. The lowest BCUT2D eigenvalue weighted by Crippen LogP contribution is -2.25. The molecular weight excluding hydrogens is 257 g/mol. The van der Waals surface area contributed by atoms with Gasteiger partial charge in [0.1, 0.15) is 10.7 Å². The van der Waals surface area contributed by atoms with Crippen LogP contribution >= 0.6 is 0 Å². The number of hydrogen-bond acceptors (Lipinski definition) is 4. The van der Waals surface area contributed by atoms with Gasteiger partial charge in [-0.1, -0.05) is 6.92 Å². The molecule has 1 heterocycles. The minimum absolute atomic E-state index is 0.158. The summed E-state index contributed by atoms with van der Waals surface area (Å²) in [6, 6.07) is 0.942. The molecule has 0 saturated carbocycles. The van der Waals surface area contributed by atoms with Crippen LogP contribution in [0.2, 0.25) is 0 Å². The SMILES string of the molecule is CC(CN)CCCNS(=O)(=O)c1cncc(F)c1. The van der Waals surface area contributed by atoms with Crippen molar-refractivity contribution in [3.63, 3.8) is 0 Å². The van der Waals surface area contributed by atoms with Crippen LogP contribution in [0.15, 0.2) is 23.4 Å². The van der Waals surface area contributed by atoms with E-state index in [1.807, 2.05) is 6.92 Å². The summed E-state index contributed by atoms with van der Waals surface area (Å²) in [4.78, 5) is 3.35. The molecule has 18 heavy (non-hydrogen) atoms. The fourth-order valence-corrected chi connectivity index (χ4v) is 2.44. The van der Waals surface area contributed by atoms with Crippen molar-refractivity contribution in [2.75, 3.05) is 13.1 Å². The lowest BCUT2D eigenvalue weighted by Gasteiger charge is -2.09. The van der Waals surface area contributed by atoms with Gasteiger partial charge < -0.3 is 5.73 Å². The molecular formula is C11H18FN3O2S. The van der Waals surface area contributed by atoms with Gasteiger partial charge in [0.2, 0.25) is 10.0 Å². The Labute approximate surface area is 107 Å². The van der Waals surface area contributed by atoms with Gasteiger partial charge in [-0.3, -0.25) is 4.98 Å². The van der Waals surface area contributed by atoms with Crippen molar-refractivity contribution < 1.29 is 12.8 Å². The topological polar surface area (TPSA) is 85.1 Å². The number of halogens is 1. The average molecular weight is 275 g/mol. The standard InChI is InChI=1S/C11H18FN3O2S/c1-9(6-13)3-2-4-15-18(16,17)11-5-10(12)7-14-8-11/h5,7-9,15H,2-4,6,13H2,1H3. The number of sulfonamides is 1. The zero-order chi connectivity index (χ0) is 13.6. The summed E-state index contributed by atoms with van der Waals surface area (Å²) in [5.41, 5.74) is 5.46. The third kappa shape index (κ3) is 4.67. The Kier molecular flexibility index (Phi) is 5.64. The summed E-state index contributed by atoms with van der Waals surface area (Å²) in [7, 11) is -3.67. The minimum atomic E-state index is -3.67. The Hall–Kier alpha value is -1.05. The molecule has 1 aromatic rings. The molecule has 1 atom stereocenters. The van der Waals surface area contributed by atoms with E-state index in [4.69, 9.17) is 5.73 Å². The summed E-state index contributed by atoms with van der Waals surface area (Å²) in [5.74, 6) is -0.306. The van der Waals surface area contributed by atoms with E-state index in [9.17, 15) is 12.8 Å². The van der Waals surface area contributed by atoms with Crippen molar-refractivity contribution in [2.45, 2.75) is 24.7 Å². The number of pyridine rings is 1. The van der Waals surface area contributed by atoms with Crippen molar-refractivity contribution in [3.05, 3.63) is 24.3 Å². The van der Waals surface area contributed by atoms with Crippen LogP contribution in [0, 0.1) is 11.7 Å². The van der Waals surface area contributed by atoms with Crippen LogP contribution in [0.25, 0.3) is 0 Å². The highest BCUT2D eigenvalue weighted by molar-refractivity contribution is 7.89. The third-order valence-electron chi connectivity index (χ3n) is 2.56. The molecule has 0 aromatic carbocycles. The second-order valence-electron chi connectivity index (χ2n) is 4.22. The summed E-state index contributed by atoms with van der Waals surface area (Å²) in [6.45, 7) is 2.90. The van der Waals surface area contributed by atoms with Crippen LogP contribution in [0.4, 0.5) is 4.39 Å². The van der Waals surface area contributed by atoms with Gasteiger partial charge in [-0.25, -0.2) is 17.5 Å². The third-order valence-corrected chi connectivity index (χ3v) is 3.99. The van der Waals surface area contributed by atoms with E-state index >= 15 is 0 Å². The number of nitrogens with one attached hydrogen (secondary N) is 1. The predicted molar refractivity (Wildman–Crippen MR) is 66.8 cm³/mol. The van der Waals surface area contributed by atoms with Gasteiger partial charge in [-0.2, -0.15) is 0 Å². The molecule has 0 fully saturated rings. The Bertz CT molecular complexity index is 479. The number of aromatic nitrogens is 1.